The molecule has 0 aromatic carbocycles. The maximum Gasteiger partial charge on any atom is 0.315 e. The summed E-state index contributed by atoms with van der Waals surface area (Å²) in [6.45, 7) is 2.75. The Bertz CT molecular complexity index is 385. The number of carbonyl (C=O) groups excluding carboxylic acids is 1. The van der Waals surface area contributed by atoms with Crippen LogP contribution in [0, 0.1) is 6.92 Å². The number of esters is 1. The van der Waals surface area contributed by atoms with E-state index < -0.39 is 0 Å². The largest absolute Gasteiger partial charge is 0.468 e. The van der Waals surface area contributed by atoms with Crippen molar-refractivity contribution >= 4 is 17.3 Å². The van der Waals surface area contributed by atoms with Gasteiger partial charge >= 0.3 is 5.97 Å². The van der Waals surface area contributed by atoms with Crippen LogP contribution in [0.3, 0.4) is 0 Å². The molecule has 0 bridgehead atoms. The number of hydrogen-bond donors (Lipinski definition) is 1. The normalized spacial score (nSPS) is 17.5. The highest BCUT2D eigenvalue weighted by atomic mass is 32.1. The lowest BCUT2D eigenvalue weighted by atomic mass is 9.92. The summed E-state index contributed by atoms with van der Waals surface area (Å²) < 4.78 is 4.89. The van der Waals surface area contributed by atoms with E-state index in [2.05, 4.69) is 18.3 Å². The zero-order valence-corrected chi connectivity index (χ0v) is 11.2. The second-order valence-electron chi connectivity index (χ2n) is 4.56. The molecule has 3 nitrogen and oxygen atoms in total. The molecule has 1 aromatic rings. The fourth-order valence-corrected chi connectivity index (χ4v) is 2.95. The minimum Gasteiger partial charge on any atom is -0.468 e. The van der Waals surface area contributed by atoms with E-state index in [0.29, 0.717) is 12.6 Å². The molecule has 1 N–H and O–H groups in total. The molecule has 1 fully saturated rings. The van der Waals surface area contributed by atoms with Gasteiger partial charge in [-0.25, -0.2) is 0 Å². The molecular weight excluding hydrogens is 234 g/mol. The van der Waals surface area contributed by atoms with E-state index in [9.17, 15) is 4.79 Å². The predicted molar refractivity (Wildman–Crippen MR) is 69.5 cm³/mol. The summed E-state index contributed by atoms with van der Waals surface area (Å²) in [7, 11) is 1.46. The molecule has 0 amide bonds. The molecule has 0 saturated heterocycles. The first kappa shape index (κ1) is 12.6. The Morgan fingerprint density at radius 2 is 2.35 bits per heavy atom. The Labute approximate surface area is 106 Å². The number of nitrogens with one attached hydrogen (secondary N) is 1. The highest BCUT2D eigenvalue weighted by molar-refractivity contribution is 7.12. The molecule has 2 rings (SSSR count). The molecule has 1 aromatic heterocycles. The molecule has 0 spiro atoms. The smallest absolute Gasteiger partial charge is 0.315 e. The van der Waals surface area contributed by atoms with Crippen LogP contribution in [-0.4, -0.2) is 25.7 Å². The van der Waals surface area contributed by atoms with Gasteiger partial charge in [0.15, 0.2) is 0 Å². The second-order valence-corrected chi connectivity index (χ2v) is 5.88. The van der Waals surface area contributed by atoms with Crippen LogP contribution in [0.25, 0.3) is 0 Å². The van der Waals surface area contributed by atoms with E-state index in [4.69, 9.17) is 4.74 Å². The quantitative estimate of drug-likeness (QED) is 0.819. The third kappa shape index (κ3) is 3.07. The van der Waals surface area contributed by atoms with Gasteiger partial charge in [-0.05, 0) is 31.9 Å². The maximum absolute atomic E-state index is 11.8. The van der Waals surface area contributed by atoms with Gasteiger partial charge in [-0.3, -0.25) is 4.79 Å². The average Bonchev–Trinajstić information content (AvgIpc) is 2.67. The molecular formula is C13H19NO2S. The van der Waals surface area contributed by atoms with Gasteiger partial charge in [0.05, 0.1) is 7.11 Å². The lowest BCUT2D eigenvalue weighted by molar-refractivity contribution is -0.142. The monoisotopic (exact) mass is 253 g/mol. The second kappa shape index (κ2) is 5.65. The van der Waals surface area contributed by atoms with Gasteiger partial charge in [-0.2, -0.15) is 0 Å². The van der Waals surface area contributed by atoms with Crippen LogP contribution < -0.4 is 5.32 Å². The minimum absolute atomic E-state index is 0.140. The molecule has 17 heavy (non-hydrogen) atoms. The van der Waals surface area contributed by atoms with Crippen molar-refractivity contribution < 1.29 is 9.53 Å². The minimum atomic E-state index is -0.153. The fraction of sp³-hybridized carbons (Fsp3) is 0.615. The van der Waals surface area contributed by atoms with Crippen molar-refractivity contribution in [1.29, 1.82) is 0 Å². The zero-order chi connectivity index (χ0) is 12.3. The van der Waals surface area contributed by atoms with Crippen molar-refractivity contribution in [3.8, 4) is 0 Å². The zero-order valence-electron chi connectivity index (χ0n) is 10.4. The number of rotatable bonds is 5. The molecule has 1 unspecified atom stereocenters. The lowest BCUT2D eigenvalue weighted by Gasteiger charge is -2.28. The highest BCUT2D eigenvalue weighted by Gasteiger charge is 2.25. The van der Waals surface area contributed by atoms with Gasteiger partial charge in [0.25, 0.3) is 0 Å². The number of hydrogen-bond acceptors (Lipinski definition) is 4. The molecule has 94 valence electrons. The summed E-state index contributed by atoms with van der Waals surface area (Å²) in [6.07, 6.45) is 3.77. The van der Waals surface area contributed by atoms with E-state index in [1.54, 1.807) is 11.3 Å². The average molecular weight is 253 g/mol. The van der Waals surface area contributed by atoms with Crippen molar-refractivity contribution in [2.45, 2.75) is 38.1 Å². The number of thiophene rings is 1. The molecule has 1 atom stereocenters. The number of ether oxygens (including phenoxy) is 1. The number of methoxy groups -OCH3 is 1. The van der Waals surface area contributed by atoms with E-state index >= 15 is 0 Å². The van der Waals surface area contributed by atoms with Gasteiger partial charge in [0, 0.05) is 22.3 Å². The molecule has 1 aliphatic rings. The van der Waals surface area contributed by atoms with Gasteiger partial charge in [-0.15, -0.1) is 11.3 Å². The Kier molecular flexibility index (Phi) is 4.18. The number of carbonyl (C=O) groups is 1. The van der Waals surface area contributed by atoms with Crippen molar-refractivity contribution in [2.75, 3.05) is 13.7 Å². The summed E-state index contributed by atoms with van der Waals surface area (Å²) in [4.78, 5) is 14.1. The van der Waals surface area contributed by atoms with Crippen molar-refractivity contribution in [2.24, 2.45) is 0 Å². The Hall–Kier alpha value is -0.870. The molecule has 1 aliphatic carbocycles. The van der Waals surface area contributed by atoms with E-state index in [-0.39, 0.29) is 11.9 Å². The van der Waals surface area contributed by atoms with Gasteiger partial charge < -0.3 is 10.1 Å². The van der Waals surface area contributed by atoms with E-state index in [1.807, 2.05) is 6.07 Å². The molecule has 0 radical (unpaired) electrons. The van der Waals surface area contributed by atoms with Crippen LogP contribution >= 0.6 is 11.3 Å². The Balaban J connectivity index is 1.99. The van der Waals surface area contributed by atoms with E-state index in [1.165, 1.54) is 31.2 Å². The van der Waals surface area contributed by atoms with Crippen LogP contribution in [0.2, 0.25) is 0 Å². The Morgan fingerprint density at radius 1 is 1.59 bits per heavy atom. The van der Waals surface area contributed by atoms with Crippen molar-refractivity contribution in [3.63, 3.8) is 0 Å². The molecule has 4 heteroatoms. The first-order valence-corrected chi connectivity index (χ1v) is 6.90. The maximum atomic E-state index is 11.8. The lowest BCUT2D eigenvalue weighted by Crippen LogP contribution is -2.39. The van der Waals surface area contributed by atoms with Crippen LogP contribution in [0.5, 0.6) is 0 Å². The predicted octanol–water partition coefficient (Wildman–Crippen LogP) is 2.46. The van der Waals surface area contributed by atoms with Crippen LogP contribution in [0.15, 0.2) is 12.1 Å². The summed E-state index contributed by atoms with van der Waals surface area (Å²) >= 11 is 1.68. The third-order valence-corrected chi connectivity index (χ3v) is 4.42. The summed E-state index contributed by atoms with van der Waals surface area (Å²) in [5.41, 5.74) is 0. The fourth-order valence-electron chi connectivity index (χ4n) is 1.98. The summed E-state index contributed by atoms with van der Waals surface area (Å²) in [6, 6.07) is 4.69. The van der Waals surface area contributed by atoms with Crippen molar-refractivity contribution in [1.82, 2.24) is 5.32 Å². The first-order valence-electron chi connectivity index (χ1n) is 6.08. The first-order chi connectivity index (χ1) is 8.20. The SMILES string of the molecule is COC(=O)C(CNC1CCC1)c1ccc(C)s1. The molecule has 1 saturated carbocycles. The van der Waals surface area contributed by atoms with E-state index in [0.717, 1.165) is 4.88 Å². The van der Waals surface area contributed by atoms with Gasteiger partial charge in [0.2, 0.25) is 0 Å². The van der Waals surface area contributed by atoms with Crippen molar-refractivity contribution in [3.05, 3.63) is 21.9 Å². The standard InChI is InChI=1S/C13H19NO2S/c1-9-6-7-12(17-9)11(13(15)16-2)8-14-10-4-3-5-10/h6-7,10-11,14H,3-5,8H2,1-2H3. The summed E-state index contributed by atoms with van der Waals surface area (Å²) in [5, 5.41) is 3.45. The van der Waals surface area contributed by atoms with Gasteiger partial charge in [0.1, 0.15) is 5.92 Å². The van der Waals surface area contributed by atoms with Gasteiger partial charge in [-0.1, -0.05) is 6.42 Å². The molecule has 0 aliphatic heterocycles. The Morgan fingerprint density at radius 3 is 2.82 bits per heavy atom. The number of aryl methyl sites for hydroxylation is 1. The van der Waals surface area contributed by atoms with Crippen LogP contribution in [0.4, 0.5) is 0 Å². The topological polar surface area (TPSA) is 38.3 Å². The third-order valence-electron chi connectivity index (χ3n) is 3.31. The van der Waals surface area contributed by atoms with Crippen LogP contribution in [0.1, 0.15) is 34.9 Å². The van der Waals surface area contributed by atoms with Crippen LogP contribution in [-0.2, 0) is 9.53 Å². The molecule has 1 heterocycles. The highest BCUT2D eigenvalue weighted by Crippen LogP contribution is 2.26. The summed E-state index contributed by atoms with van der Waals surface area (Å²) in [5.74, 6) is -0.294.